The van der Waals surface area contributed by atoms with Gasteiger partial charge in [-0.3, -0.25) is 4.79 Å². The molecule has 0 saturated heterocycles. The molecule has 3 aromatic carbocycles. The van der Waals surface area contributed by atoms with Crippen LogP contribution in [0.3, 0.4) is 0 Å². The van der Waals surface area contributed by atoms with Crippen molar-refractivity contribution in [3.63, 3.8) is 0 Å². The summed E-state index contributed by atoms with van der Waals surface area (Å²) < 4.78 is 0. The molecule has 3 aromatic rings. The molecule has 0 bridgehead atoms. The average Bonchev–Trinajstić information content (AvgIpc) is 2.82. The van der Waals surface area contributed by atoms with Crippen molar-refractivity contribution in [2.24, 2.45) is 0 Å². The Morgan fingerprint density at radius 1 is 0.912 bits per heavy atom. The Morgan fingerprint density at radius 2 is 1.59 bits per heavy atom. The second-order valence-electron chi connectivity index (χ2n) is 8.16. The molecule has 0 aliphatic carbocycles. The number of aliphatic carboxylic acids is 1. The topological polar surface area (TPSA) is 69.2 Å². The molecular weight excluding hydrogens is 437 g/mol. The van der Waals surface area contributed by atoms with Gasteiger partial charge in [0.1, 0.15) is 0 Å². The molecule has 1 N–H and O–H groups in total. The molecule has 0 radical (unpaired) electrons. The summed E-state index contributed by atoms with van der Waals surface area (Å²) in [4.78, 5) is 24.7. The number of benzene rings is 3. The minimum absolute atomic E-state index is 0. The van der Waals surface area contributed by atoms with Gasteiger partial charge in [-0.25, -0.2) is 0 Å². The molecule has 1 amide bonds. The zero-order chi connectivity index (χ0) is 23.6. The van der Waals surface area contributed by atoms with Gasteiger partial charge < -0.3 is 15.2 Å². The minimum atomic E-state index is -1.26. The van der Waals surface area contributed by atoms with E-state index in [4.69, 9.17) is 0 Å². The Hall–Kier alpha value is -2.45. The number of carboxylic acid groups (broad SMARTS) is 1. The number of carbonyl (C=O) groups excluding carboxylic acids is 2. The third-order valence-corrected chi connectivity index (χ3v) is 6.38. The van der Waals surface area contributed by atoms with E-state index in [-0.39, 0.29) is 24.8 Å². The van der Waals surface area contributed by atoms with E-state index < -0.39 is 12.0 Å². The maximum atomic E-state index is 13.1. The molecule has 4 nitrogen and oxygen atoms in total. The molecule has 0 saturated carbocycles. The van der Waals surface area contributed by atoms with Crippen LogP contribution in [0.5, 0.6) is 0 Å². The van der Waals surface area contributed by atoms with Crippen molar-refractivity contribution >= 4 is 23.6 Å². The summed E-state index contributed by atoms with van der Waals surface area (Å²) in [6.45, 7) is 2.02. The first kappa shape index (κ1) is 27.8. The van der Waals surface area contributed by atoms with E-state index in [0.717, 1.165) is 41.5 Å². The number of amides is 1. The van der Waals surface area contributed by atoms with Gasteiger partial charge in [-0.1, -0.05) is 66.7 Å². The Kier molecular flexibility index (Phi) is 11.5. The first-order chi connectivity index (χ1) is 16.0. The van der Waals surface area contributed by atoms with Crippen LogP contribution in [0, 0.1) is 6.92 Å². The van der Waals surface area contributed by atoms with Crippen molar-refractivity contribution in [2.45, 2.75) is 38.6 Å². The zero-order valence-corrected chi connectivity index (χ0v) is 21.0. The third-order valence-electron chi connectivity index (χ3n) is 5.74. The summed E-state index contributed by atoms with van der Waals surface area (Å²) in [5, 5.41) is 14.2. The van der Waals surface area contributed by atoms with Gasteiger partial charge in [-0.15, -0.1) is 0 Å². The maximum absolute atomic E-state index is 13.1. The van der Waals surface area contributed by atoms with Crippen LogP contribution in [-0.4, -0.2) is 29.9 Å². The smallest absolute Gasteiger partial charge is 0.548 e. The third kappa shape index (κ3) is 7.80. The Morgan fingerprint density at radius 3 is 2.26 bits per heavy atom. The van der Waals surface area contributed by atoms with Gasteiger partial charge in [0, 0.05) is 5.56 Å². The van der Waals surface area contributed by atoms with Crippen molar-refractivity contribution in [2.75, 3.05) is 12.0 Å². The molecule has 172 valence electrons. The SMILES string of the molecule is CSCCC(NC(=O)c1ccc(CCCc2ccccc2)cc1-c1ccccc1C)C(=O)[O-].[Li+]. The van der Waals surface area contributed by atoms with Gasteiger partial charge in [0.05, 0.1) is 12.0 Å². The quantitative estimate of drug-likeness (QED) is 0.434. The molecule has 0 heterocycles. The van der Waals surface area contributed by atoms with E-state index in [1.165, 1.54) is 17.3 Å². The van der Waals surface area contributed by atoms with E-state index in [9.17, 15) is 14.7 Å². The molecule has 1 atom stereocenters. The van der Waals surface area contributed by atoms with Crippen molar-refractivity contribution in [3.05, 3.63) is 95.1 Å². The molecule has 0 spiro atoms. The van der Waals surface area contributed by atoms with Gasteiger partial charge in [0.2, 0.25) is 0 Å². The summed E-state index contributed by atoms with van der Waals surface area (Å²) in [6, 6.07) is 23.2. The van der Waals surface area contributed by atoms with Crippen molar-refractivity contribution in [1.29, 1.82) is 0 Å². The fourth-order valence-electron chi connectivity index (χ4n) is 3.90. The van der Waals surface area contributed by atoms with Gasteiger partial charge in [-0.05, 0) is 78.5 Å². The predicted octanol–water partition coefficient (Wildman–Crippen LogP) is 1.44. The summed E-state index contributed by atoms with van der Waals surface area (Å²) in [6.07, 6.45) is 5.12. The zero-order valence-electron chi connectivity index (χ0n) is 20.2. The van der Waals surface area contributed by atoms with Crippen LogP contribution in [0.2, 0.25) is 0 Å². The van der Waals surface area contributed by atoms with Crippen LogP contribution in [-0.2, 0) is 17.6 Å². The Labute approximate surface area is 218 Å². The second-order valence-corrected chi connectivity index (χ2v) is 9.15. The largest absolute Gasteiger partial charge is 1.00 e. The van der Waals surface area contributed by atoms with Gasteiger partial charge in [0.15, 0.2) is 0 Å². The average molecular weight is 468 g/mol. The Bertz CT molecular complexity index is 1090. The fourth-order valence-corrected chi connectivity index (χ4v) is 4.38. The first-order valence-electron chi connectivity index (χ1n) is 11.2. The molecule has 3 rings (SSSR count). The monoisotopic (exact) mass is 467 g/mol. The van der Waals surface area contributed by atoms with Crippen molar-refractivity contribution < 1.29 is 33.6 Å². The standard InChI is InChI=1S/C28H31NO3S.Li/c1-20-9-6-7-14-23(20)25-19-22(13-8-12-21-10-4-3-5-11-21)15-16-24(25)27(30)29-26(28(31)32)17-18-33-2;/h3-7,9-11,14-16,19,26H,8,12-13,17-18H2,1-2H3,(H,29,30)(H,31,32);/q;+1/p-1. The molecular formula is C28H30LiNO3S. The number of thioether (sulfide) groups is 1. The molecule has 0 aromatic heterocycles. The van der Waals surface area contributed by atoms with Gasteiger partial charge >= 0.3 is 18.9 Å². The van der Waals surface area contributed by atoms with Crippen molar-refractivity contribution in [1.82, 2.24) is 5.32 Å². The fraction of sp³-hybridized carbons (Fsp3) is 0.286. The summed E-state index contributed by atoms with van der Waals surface area (Å²) in [5.41, 5.74) is 5.80. The van der Waals surface area contributed by atoms with Crippen molar-refractivity contribution in [3.8, 4) is 11.1 Å². The summed E-state index contributed by atoms with van der Waals surface area (Å²) >= 11 is 1.54. The van der Waals surface area contributed by atoms with E-state index in [1.807, 2.05) is 55.6 Å². The molecule has 0 aliphatic heterocycles. The van der Waals surface area contributed by atoms with Crippen LogP contribution in [0.4, 0.5) is 0 Å². The van der Waals surface area contributed by atoms with Crippen LogP contribution in [0.15, 0.2) is 72.8 Å². The van der Waals surface area contributed by atoms with E-state index in [2.05, 4.69) is 35.6 Å². The van der Waals surface area contributed by atoms with Crippen LogP contribution >= 0.6 is 11.8 Å². The van der Waals surface area contributed by atoms with Crippen LogP contribution in [0.1, 0.15) is 39.9 Å². The number of hydrogen-bond acceptors (Lipinski definition) is 4. The summed E-state index contributed by atoms with van der Waals surface area (Å²) in [5.74, 6) is -1.02. The molecule has 0 fully saturated rings. The first-order valence-corrected chi connectivity index (χ1v) is 12.6. The second kappa shape index (κ2) is 14.1. The normalized spacial score (nSPS) is 11.4. The van der Waals surface area contributed by atoms with E-state index >= 15 is 0 Å². The molecule has 0 aliphatic rings. The number of carbonyl (C=O) groups is 2. The van der Waals surface area contributed by atoms with E-state index in [1.54, 1.807) is 0 Å². The minimum Gasteiger partial charge on any atom is -0.548 e. The number of hydrogen-bond donors (Lipinski definition) is 1. The number of rotatable bonds is 11. The molecule has 1 unspecified atom stereocenters. The Balaban J connectivity index is 0.00000408. The number of carboxylic acids is 1. The number of aryl methyl sites for hydroxylation is 3. The van der Waals surface area contributed by atoms with E-state index in [0.29, 0.717) is 17.7 Å². The van der Waals surface area contributed by atoms with Gasteiger partial charge in [-0.2, -0.15) is 11.8 Å². The predicted molar refractivity (Wildman–Crippen MR) is 134 cm³/mol. The van der Waals surface area contributed by atoms with Crippen LogP contribution in [0.25, 0.3) is 11.1 Å². The number of nitrogens with one attached hydrogen (secondary N) is 1. The molecule has 34 heavy (non-hydrogen) atoms. The van der Waals surface area contributed by atoms with Crippen LogP contribution < -0.4 is 29.3 Å². The van der Waals surface area contributed by atoms with Gasteiger partial charge in [0.25, 0.3) is 5.91 Å². The maximum Gasteiger partial charge on any atom is 1.00 e. The molecule has 6 heteroatoms. The summed E-state index contributed by atoms with van der Waals surface area (Å²) in [7, 11) is 0.